The molecule has 2 N–H and O–H groups in total. The zero-order valence-corrected chi connectivity index (χ0v) is 30.6. The number of phenolic OH excluding ortho intramolecular Hbond substituents is 2. The first-order chi connectivity index (χ1) is 22.5. The minimum Gasteiger partial charge on any atom is -0.507 e. The van der Waals surface area contributed by atoms with Gasteiger partial charge in [-0.25, -0.2) is 0 Å². The summed E-state index contributed by atoms with van der Waals surface area (Å²) in [5, 5.41) is 27.6. The predicted molar refractivity (Wildman–Crippen MR) is 202 cm³/mol. The molecule has 0 aliphatic heterocycles. The highest BCUT2D eigenvalue weighted by Gasteiger charge is 2.26. The maximum atomic E-state index is 12.1. The fourth-order valence-electron chi connectivity index (χ4n) is 6.53. The average molecular weight is 647 g/mol. The summed E-state index contributed by atoms with van der Waals surface area (Å²) in [6, 6.07) is 27.2. The molecule has 0 bridgehead atoms. The monoisotopic (exact) mass is 646 g/mol. The van der Waals surface area contributed by atoms with Crippen molar-refractivity contribution in [1.82, 2.24) is 9.80 Å². The zero-order valence-electron chi connectivity index (χ0n) is 30.6. The molecule has 0 atom stereocenters. The lowest BCUT2D eigenvalue weighted by atomic mass is 9.79. The van der Waals surface area contributed by atoms with Gasteiger partial charge < -0.3 is 24.7 Å². The normalized spacial score (nSPS) is 12.6. The Hall–Kier alpha value is -4.06. The zero-order chi connectivity index (χ0) is 35.0. The fourth-order valence-corrected chi connectivity index (χ4v) is 6.53. The first-order valence-corrected chi connectivity index (χ1v) is 17.2. The van der Waals surface area contributed by atoms with Gasteiger partial charge in [-0.2, -0.15) is 0 Å². The van der Waals surface area contributed by atoms with Gasteiger partial charge in [0.25, 0.3) is 0 Å². The minimum absolute atomic E-state index is 0.0116. The van der Waals surface area contributed by atoms with Crippen LogP contribution in [0.2, 0.25) is 0 Å². The number of phenols is 2. The number of hydrogen-bond acceptors (Lipinski definition) is 5. The van der Waals surface area contributed by atoms with Crippen LogP contribution >= 0.6 is 0 Å². The van der Waals surface area contributed by atoms with Crippen molar-refractivity contribution in [3.05, 3.63) is 101 Å². The molecule has 0 spiro atoms. The number of benzene rings is 5. The van der Waals surface area contributed by atoms with Gasteiger partial charge in [-0.05, 0) is 83.6 Å². The third kappa shape index (κ3) is 7.64. The summed E-state index contributed by atoms with van der Waals surface area (Å²) in [6.07, 6.45) is -0.0116. The van der Waals surface area contributed by atoms with Gasteiger partial charge in [0.1, 0.15) is 17.2 Å². The van der Waals surface area contributed by atoms with Crippen LogP contribution in [0.4, 0.5) is 0 Å². The molecule has 0 aliphatic carbocycles. The summed E-state index contributed by atoms with van der Waals surface area (Å²) in [7, 11) is 4.21. The quantitative estimate of drug-likeness (QED) is 0.158. The molecular weight excluding hydrogens is 592 g/mol. The molecule has 0 aromatic heterocycles. The molecule has 0 unspecified atom stereocenters. The van der Waals surface area contributed by atoms with E-state index in [0.717, 1.165) is 68.2 Å². The molecule has 0 saturated heterocycles. The van der Waals surface area contributed by atoms with Crippen molar-refractivity contribution in [3.8, 4) is 28.4 Å². The fraction of sp³-hybridized carbons (Fsp3) is 0.395. The third-order valence-electron chi connectivity index (χ3n) is 9.21. The summed E-state index contributed by atoms with van der Waals surface area (Å²) < 4.78 is 6.36. The van der Waals surface area contributed by atoms with Crippen LogP contribution in [0.3, 0.4) is 0 Å². The van der Waals surface area contributed by atoms with Gasteiger partial charge >= 0.3 is 0 Å². The van der Waals surface area contributed by atoms with Gasteiger partial charge in [0, 0.05) is 48.4 Å². The van der Waals surface area contributed by atoms with Crippen molar-refractivity contribution < 1.29 is 14.9 Å². The Balaban J connectivity index is 1.43. The van der Waals surface area contributed by atoms with E-state index in [1.807, 2.05) is 38.1 Å². The van der Waals surface area contributed by atoms with E-state index in [-0.39, 0.29) is 22.7 Å². The topological polar surface area (TPSA) is 56.2 Å². The van der Waals surface area contributed by atoms with E-state index in [1.54, 1.807) is 0 Å². The Morgan fingerprint density at radius 2 is 1.17 bits per heavy atom. The van der Waals surface area contributed by atoms with Crippen LogP contribution < -0.4 is 4.74 Å². The maximum absolute atomic E-state index is 12.1. The molecule has 5 aromatic rings. The number of fused-ring (bicyclic) bond motifs is 2. The minimum atomic E-state index is -0.159. The second-order valence-corrected chi connectivity index (χ2v) is 15.8. The summed E-state index contributed by atoms with van der Waals surface area (Å²) in [4.78, 5) is 4.52. The lowest BCUT2D eigenvalue weighted by Gasteiger charge is -2.29. The van der Waals surface area contributed by atoms with E-state index < -0.39 is 0 Å². The van der Waals surface area contributed by atoms with Gasteiger partial charge in [0.2, 0.25) is 0 Å². The smallest absolute Gasteiger partial charge is 0.128 e. The van der Waals surface area contributed by atoms with Crippen LogP contribution in [0, 0.1) is 0 Å². The lowest BCUT2D eigenvalue weighted by molar-refractivity contribution is 0.243. The summed E-state index contributed by atoms with van der Waals surface area (Å²) in [6.45, 7) is 20.0. The summed E-state index contributed by atoms with van der Waals surface area (Å²) in [5.74, 6) is 1.46. The molecular formula is C43H54N2O3. The number of nitrogens with zero attached hydrogens (tertiary/aromatic N) is 2. The van der Waals surface area contributed by atoms with Crippen molar-refractivity contribution in [2.75, 3.05) is 27.2 Å². The van der Waals surface area contributed by atoms with Gasteiger partial charge in [0.05, 0.1) is 6.10 Å². The maximum Gasteiger partial charge on any atom is 0.128 e. The largest absolute Gasteiger partial charge is 0.507 e. The van der Waals surface area contributed by atoms with Gasteiger partial charge in [-0.1, -0.05) is 108 Å². The number of aromatic hydroxyl groups is 2. The second-order valence-electron chi connectivity index (χ2n) is 15.8. The molecule has 5 aromatic carbocycles. The number of likely N-dealkylation sites (N-methyl/N-ethyl adjacent to an activating group) is 2. The SMILES string of the molecule is CC(C)Oc1ccc2ccccc2c1-c1c(O)c(CN(C)CCN(C)Cc2cc(C(C)(C)C)cc(C(C)(C)C)c2O)cc2ccccc12. The molecule has 0 saturated carbocycles. The number of rotatable bonds is 10. The van der Waals surface area contributed by atoms with E-state index in [1.165, 1.54) is 5.56 Å². The summed E-state index contributed by atoms with van der Waals surface area (Å²) >= 11 is 0. The van der Waals surface area contributed by atoms with Crippen molar-refractivity contribution in [1.29, 1.82) is 0 Å². The Labute approximate surface area is 287 Å². The van der Waals surface area contributed by atoms with Crippen LogP contribution in [0.1, 0.15) is 77.6 Å². The van der Waals surface area contributed by atoms with Crippen LogP contribution in [-0.4, -0.2) is 53.3 Å². The van der Waals surface area contributed by atoms with Gasteiger partial charge in [-0.3, -0.25) is 0 Å². The highest BCUT2D eigenvalue weighted by molar-refractivity contribution is 6.10. The van der Waals surface area contributed by atoms with Gasteiger partial charge in [0.15, 0.2) is 0 Å². The van der Waals surface area contributed by atoms with Gasteiger partial charge in [-0.15, -0.1) is 0 Å². The molecule has 0 heterocycles. The van der Waals surface area contributed by atoms with Crippen molar-refractivity contribution >= 4 is 21.5 Å². The van der Waals surface area contributed by atoms with E-state index in [2.05, 4.69) is 120 Å². The van der Waals surface area contributed by atoms with Crippen molar-refractivity contribution in [3.63, 3.8) is 0 Å². The van der Waals surface area contributed by atoms with Crippen LogP contribution in [0.5, 0.6) is 17.2 Å². The Kier molecular flexibility index (Phi) is 10.1. The second kappa shape index (κ2) is 13.8. The van der Waals surface area contributed by atoms with Crippen LogP contribution in [-0.2, 0) is 23.9 Å². The van der Waals surface area contributed by atoms with E-state index >= 15 is 0 Å². The van der Waals surface area contributed by atoms with Crippen molar-refractivity contribution in [2.45, 2.75) is 85.4 Å². The number of ether oxygens (including phenoxy) is 1. The van der Waals surface area contributed by atoms with Crippen LogP contribution in [0.15, 0.2) is 78.9 Å². The molecule has 5 rings (SSSR count). The molecule has 0 fully saturated rings. The van der Waals surface area contributed by atoms with Crippen molar-refractivity contribution in [2.24, 2.45) is 0 Å². The highest BCUT2D eigenvalue weighted by atomic mass is 16.5. The molecule has 0 aliphatic rings. The molecule has 0 amide bonds. The molecule has 5 heteroatoms. The average Bonchev–Trinajstić information content (AvgIpc) is 3.00. The van der Waals surface area contributed by atoms with E-state index in [9.17, 15) is 10.2 Å². The highest BCUT2D eigenvalue weighted by Crippen LogP contribution is 2.47. The Morgan fingerprint density at radius 3 is 1.73 bits per heavy atom. The number of hydrogen-bond donors (Lipinski definition) is 2. The third-order valence-corrected chi connectivity index (χ3v) is 9.21. The Bertz CT molecular complexity index is 1910. The van der Waals surface area contributed by atoms with E-state index in [0.29, 0.717) is 18.8 Å². The standard InChI is InChI=1S/C43H54N2O3/c1-28(2)48-37-20-19-29-15-11-13-17-34(29)38(37)39-35-18-14-12-16-30(35)23-31(41(39)47)26-44(9)21-22-45(10)27-32-24-33(42(3,4)5)25-36(40(32)46)43(6,7)8/h11-20,23-25,28,46-47H,21-22,26-27H2,1-10H3. The lowest BCUT2D eigenvalue weighted by Crippen LogP contribution is -2.30. The molecule has 5 nitrogen and oxygen atoms in total. The predicted octanol–water partition coefficient (Wildman–Crippen LogP) is 10.0. The summed E-state index contributed by atoms with van der Waals surface area (Å²) in [5.41, 5.74) is 5.62. The first-order valence-electron chi connectivity index (χ1n) is 17.2. The molecule has 48 heavy (non-hydrogen) atoms. The van der Waals surface area contributed by atoms with Crippen LogP contribution in [0.25, 0.3) is 32.7 Å². The Morgan fingerprint density at radius 1 is 0.625 bits per heavy atom. The van der Waals surface area contributed by atoms with E-state index in [4.69, 9.17) is 4.74 Å². The molecule has 254 valence electrons. The first kappa shape index (κ1) is 35.3. The molecule has 0 radical (unpaired) electrons.